The van der Waals surface area contributed by atoms with Crippen LogP contribution in [0.5, 0.6) is 11.5 Å². The van der Waals surface area contributed by atoms with Crippen LogP contribution in [0.1, 0.15) is 17.2 Å². The Morgan fingerprint density at radius 2 is 2.12 bits per heavy atom. The molecule has 3 rings (SSSR count). The van der Waals surface area contributed by atoms with E-state index in [0.29, 0.717) is 13.0 Å². The Kier molecular flexibility index (Phi) is 5.01. The maximum absolute atomic E-state index is 12.3. The lowest BCUT2D eigenvalue weighted by Gasteiger charge is -2.25. The molecule has 1 heterocycles. The van der Waals surface area contributed by atoms with E-state index in [9.17, 15) is 9.90 Å². The second-order valence-corrected chi connectivity index (χ2v) is 5.86. The molecule has 5 heteroatoms. The van der Waals surface area contributed by atoms with Crippen LogP contribution in [0.4, 0.5) is 0 Å². The maximum Gasteiger partial charge on any atom is 0.226 e. The molecule has 2 aromatic rings. The van der Waals surface area contributed by atoms with Gasteiger partial charge in [0.1, 0.15) is 18.1 Å². The Labute approximate surface area is 141 Å². The fraction of sp³-hybridized carbons (Fsp3) is 0.316. The molecule has 0 aromatic heterocycles. The van der Waals surface area contributed by atoms with E-state index in [4.69, 9.17) is 9.47 Å². The SMILES string of the molecule is COc1ccc2c(c1)OC[C@H](C(=O)NC[C@H](O)c1ccccc1)C2. The third-order valence-corrected chi connectivity index (χ3v) is 4.21. The highest BCUT2D eigenvalue weighted by molar-refractivity contribution is 5.79. The van der Waals surface area contributed by atoms with E-state index in [1.165, 1.54) is 0 Å². The highest BCUT2D eigenvalue weighted by atomic mass is 16.5. The summed E-state index contributed by atoms with van der Waals surface area (Å²) >= 11 is 0. The van der Waals surface area contributed by atoms with Crippen LogP contribution in [0.2, 0.25) is 0 Å². The van der Waals surface area contributed by atoms with Crippen LogP contribution in [0.25, 0.3) is 0 Å². The number of amides is 1. The van der Waals surface area contributed by atoms with Gasteiger partial charge in [-0.15, -0.1) is 0 Å². The number of rotatable bonds is 5. The molecule has 0 saturated heterocycles. The Balaban J connectivity index is 1.56. The maximum atomic E-state index is 12.3. The van der Waals surface area contributed by atoms with E-state index in [-0.39, 0.29) is 18.4 Å². The average molecular weight is 327 g/mol. The van der Waals surface area contributed by atoms with Gasteiger partial charge in [0.2, 0.25) is 5.91 Å². The number of ether oxygens (including phenoxy) is 2. The van der Waals surface area contributed by atoms with Crippen LogP contribution in [0, 0.1) is 5.92 Å². The zero-order valence-corrected chi connectivity index (χ0v) is 13.6. The number of carbonyl (C=O) groups excluding carboxylic acids is 1. The van der Waals surface area contributed by atoms with Crippen LogP contribution >= 0.6 is 0 Å². The Morgan fingerprint density at radius 3 is 2.88 bits per heavy atom. The molecular formula is C19H21NO4. The lowest BCUT2D eigenvalue weighted by molar-refractivity contribution is -0.126. The van der Waals surface area contributed by atoms with Crippen LogP contribution in [0.3, 0.4) is 0 Å². The molecule has 0 aliphatic carbocycles. The van der Waals surface area contributed by atoms with Crippen molar-refractivity contribution in [1.82, 2.24) is 5.32 Å². The number of nitrogens with one attached hydrogen (secondary N) is 1. The minimum absolute atomic E-state index is 0.105. The summed E-state index contributed by atoms with van der Waals surface area (Å²) in [6, 6.07) is 14.9. The summed E-state index contributed by atoms with van der Waals surface area (Å²) in [4.78, 5) is 12.3. The summed E-state index contributed by atoms with van der Waals surface area (Å²) in [6.45, 7) is 0.516. The largest absolute Gasteiger partial charge is 0.497 e. The quantitative estimate of drug-likeness (QED) is 0.882. The molecule has 0 radical (unpaired) electrons. The average Bonchev–Trinajstić information content (AvgIpc) is 2.65. The van der Waals surface area contributed by atoms with Gasteiger partial charge >= 0.3 is 0 Å². The van der Waals surface area contributed by atoms with E-state index < -0.39 is 6.10 Å². The minimum atomic E-state index is -0.712. The third kappa shape index (κ3) is 3.68. The van der Waals surface area contributed by atoms with Gasteiger partial charge in [-0.25, -0.2) is 0 Å². The smallest absolute Gasteiger partial charge is 0.226 e. The predicted octanol–water partition coefficient (Wildman–Crippen LogP) is 2.10. The summed E-state index contributed by atoms with van der Waals surface area (Å²) in [7, 11) is 1.61. The normalized spacial score (nSPS) is 17.3. The van der Waals surface area contributed by atoms with E-state index in [2.05, 4.69) is 5.32 Å². The molecule has 2 atom stereocenters. The van der Waals surface area contributed by atoms with E-state index in [0.717, 1.165) is 22.6 Å². The van der Waals surface area contributed by atoms with Gasteiger partial charge in [-0.05, 0) is 23.6 Å². The number of fused-ring (bicyclic) bond motifs is 1. The van der Waals surface area contributed by atoms with Crippen molar-refractivity contribution in [2.24, 2.45) is 5.92 Å². The van der Waals surface area contributed by atoms with Crippen LogP contribution in [0.15, 0.2) is 48.5 Å². The Hall–Kier alpha value is -2.53. The van der Waals surface area contributed by atoms with Crippen molar-refractivity contribution in [2.45, 2.75) is 12.5 Å². The number of benzene rings is 2. The summed E-state index contributed by atoms with van der Waals surface area (Å²) in [5.41, 5.74) is 1.78. The molecule has 0 fully saturated rings. The summed E-state index contributed by atoms with van der Waals surface area (Å²) in [5, 5.41) is 12.9. The molecule has 126 valence electrons. The lowest BCUT2D eigenvalue weighted by Crippen LogP contribution is -2.39. The number of aliphatic hydroxyl groups excluding tert-OH is 1. The van der Waals surface area contributed by atoms with Crippen molar-refractivity contribution >= 4 is 5.91 Å². The molecule has 5 nitrogen and oxygen atoms in total. The number of hydrogen-bond acceptors (Lipinski definition) is 4. The van der Waals surface area contributed by atoms with Crippen LogP contribution < -0.4 is 14.8 Å². The summed E-state index contributed by atoms with van der Waals surface area (Å²) in [5.74, 6) is 1.14. The van der Waals surface area contributed by atoms with Gasteiger partial charge in [0.05, 0.1) is 19.1 Å². The summed E-state index contributed by atoms with van der Waals surface area (Å²) < 4.78 is 10.9. The zero-order valence-electron chi connectivity index (χ0n) is 13.6. The van der Waals surface area contributed by atoms with E-state index in [1.807, 2.05) is 48.5 Å². The molecule has 1 aliphatic rings. The molecule has 24 heavy (non-hydrogen) atoms. The Bertz CT molecular complexity index is 702. The van der Waals surface area contributed by atoms with Gasteiger partial charge in [0.15, 0.2) is 0 Å². The Morgan fingerprint density at radius 1 is 1.33 bits per heavy atom. The van der Waals surface area contributed by atoms with E-state index >= 15 is 0 Å². The van der Waals surface area contributed by atoms with Gasteiger partial charge in [-0.1, -0.05) is 36.4 Å². The molecular weight excluding hydrogens is 306 g/mol. The summed E-state index contributed by atoms with van der Waals surface area (Å²) in [6.07, 6.45) is -0.0942. The minimum Gasteiger partial charge on any atom is -0.497 e. The van der Waals surface area contributed by atoms with Crippen molar-refractivity contribution in [3.8, 4) is 11.5 Å². The fourth-order valence-electron chi connectivity index (χ4n) is 2.78. The molecule has 2 N–H and O–H groups in total. The van der Waals surface area contributed by atoms with Gasteiger partial charge in [0, 0.05) is 12.6 Å². The number of aliphatic hydroxyl groups is 1. The van der Waals surface area contributed by atoms with Gasteiger partial charge in [-0.2, -0.15) is 0 Å². The number of carbonyl (C=O) groups is 1. The van der Waals surface area contributed by atoms with Crippen molar-refractivity contribution in [2.75, 3.05) is 20.3 Å². The van der Waals surface area contributed by atoms with Crippen molar-refractivity contribution in [1.29, 1.82) is 0 Å². The monoisotopic (exact) mass is 327 g/mol. The first kappa shape index (κ1) is 16.3. The second kappa shape index (κ2) is 7.36. The lowest BCUT2D eigenvalue weighted by atomic mass is 9.95. The fourth-order valence-corrected chi connectivity index (χ4v) is 2.78. The molecule has 1 aliphatic heterocycles. The highest BCUT2D eigenvalue weighted by Crippen LogP contribution is 2.31. The first-order valence-corrected chi connectivity index (χ1v) is 7.98. The zero-order chi connectivity index (χ0) is 16.9. The standard InChI is InChI=1S/C19H21NO4/c1-23-16-8-7-14-9-15(12-24-18(14)10-16)19(22)20-11-17(21)13-5-3-2-4-6-13/h2-8,10,15,17,21H,9,11-12H2,1H3,(H,20,22)/t15-,17+/m1/s1. The topological polar surface area (TPSA) is 67.8 Å². The first-order chi connectivity index (χ1) is 11.7. The van der Waals surface area contributed by atoms with E-state index in [1.54, 1.807) is 7.11 Å². The van der Waals surface area contributed by atoms with Gasteiger partial charge in [-0.3, -0.25) is 4.79 Å². The highest BCUT2D eigenvalue weighted by Gasteiger charge is 2.26. The number of hydrogen-bond donors (Lipinski definition) is 2. The molecule has 0 saturated carbocycles. The molecule has 1 amide bonds. The van der Waals surface area contributed by atoms with Crippen molar-refractivity contribution in [3.05, 3.63) is 59.7 Å². The third-order valence-electron chi connectivity index (χ3n) is 4.21. The van der Waals surface area contributed by atoms with Crippen LogP contribution in [-0.4, -0.2) is 31.3 Å². The molecule has 2 aromatic carbocycles. The van der Waals surface area contributed by atoms with Gasteiger partial charge < -0.3 is 19.9 Å². The molecule has 0 bridgehead atoms. The predicted molar refractivity (Wildman–Crippen MR) is 90.1 cm³/mol. The molecule has 0 unspecified atom stereocenters. The van der Waals surface area contributed by atoms with Crippen molar-refractivity contribution in [3.63, 3.8) is 0 Å². The first-order valence-electron chi connectivity index (χ1n) is 7.98. The van der Waals surface area contributed by atoms with Crippen LogP contribution in [-0.2, 0) is 11.2 Å². The van der Waals surface area contributed by atoms with Gasteiger partial charge in [0.25, 0.3) is 0 Å². The second-order valence-electron chi connectivity index (χ2n) is 5.86. The molecule has 0 spiro atoms. The number of methoxy groups -OCH3 is 1. The van der Waals surface area contributed by atoms with Crippen molar-refractivity contribution < 1.29 is 19.4 Å².